The van der Waals surface area contributed by atoms with Gasteiger partial charge >= 0.3 is 5.63 Å². The SMILES string of the molecule is COc1ccccc1C(=O)N1CCN(C(=O)c2c(C)cc(C3CCCO3)oc2=O)CC1. The zero-order valence-electron chi connectivity index (χ0n) is 17.8. The quantitative estimate of drug-likeness (QED) is 0.746. The third-order valence-corrected chi connectivity index (χ3v) is 5.82. The van der Waals surface area contributed by atoms with Crippen LogP contribution in [0.4, 0.5) is 0 Å². The first-order valence-corrected chi connectivity index (χ1v) is 10.5. The van der Waals surface area contributed by atoms with Gasteiger partial charge in [-0.3, -0.25) is 9.59 Å². The molecular formula is C23H26N2O6. The summed E-state index contributed by atoms with van der Waals surface area (Å²) in [5, 5.41) is 0. The summed E-state index contributed by atoms with van der Waals surface area (Å²) in [7, 11) is 1.53. The van der Waals surface area contributed by atoms with Crippen LogP contribution in [0.15, 0.2) is 39.5 Å². The van der Waals surface area contributed by atoms with E-state index in [1.807, 2.05) is 6.07 Å². The van der Waals surface area contributed by atoms with Crippen molar-refractivity contribution in [3.63, 3.8) is 0 Å². The molecule has 164 valence electrons. The average Bonchev–Trinajstić information content (AvgIpc) is 3.33. The topological polar surface area (TPSA) is 89.3 Å². The first-order valence-electron chi connectivity index (χ1n) is 10.5. The molecule has 31 heavy (non-hydrogen) atoms. The second kappa shape index (κ2) is 8.93. The number of carbonyl (C=O) groups is 2. The summed E-state index contributed by atoms with van der Waals surface area (Å²) in [6, 6.07) is 8.80. The van der Waals surface area contributed by atoms with Crippen molar-refractivity contribution in [2.45, 2.75) is 25.9 Å². The van der Waals surface area contributed by atoms with Crippen molar-refractivity contribution in [3.05, 3.63) is 63.2 Å². The van der Waals surface area contributed by atoms with Gasteiger partial charge in [-0.1, -0.05) is 12.1 Å². The lowest BCUT2D eigenvalue weighted by molar-refractivity contribution is 0.0528. The van der Waals surface area contributed by atoms with E-state index in [4.69, 9.17) is 13.9 Å². The van der Waals surface area contributed by atoms with Gasteiger partial charge < -0.3 is 23.7 Å². The van der Waals surface area contributed by atoms with Gasteiger partial charge in [0.05, 0.1) is 12.7 Å². The molecule has 1 unspecified atom stereocenters. The number of ether oxygens (including phenoxy) is 2. The number of hydrogen-bond acceptors (Lipinski definition) is 6. The molecule has 2 aromatic rings. The van der Waals surface area contributed by atoms with E-state index in [2.05, 4.69) is 0 Å². The molecule has 8 heteroatoms. The summed E-state index contributed by atoms with van der Waals surface area (Å²) in [6.07, 6.45) is 1.50. The fourth-order valence-corrected chi connectivity index (χ4v) is 4.11. The molecule has 2 aliphatic heterocycles. The van der Waals surface area contributed by atoms with Crippen LogP contribution in [-0.2, 0) is 4.74 Å². The highest BCUT2D eigenvalue weighted by atomic mass is 16.5. The van der Waals surface area contributed by atoms with E-state index in [-0.39, 0.29) is 23.5 Å². The molecule has 0 radical (unpaired) electrons. The molecule has 1 aromatic carbocycles. The second-order valence-electron chi connectivity index (χ2n) is 7.78. The summed E-state index contributed by atoms with van der Waals surface area (Å²) in [5.41, 5.74) is 0.486. The highest BCUT2D eigenvalue weighted by Gasteiger charge is 2.30. The Hall–Kier alpha value is -3.13. The number of para-hydroxylation sites is 1. The Bertz CT molecular complexity index is 1030. The minimum absolute atomic E-state index is 0.0475. The van der Waals surface area contributed by atoms with Gasteiger partial charge in [0, 0.05) is 32.8 Å². The minimum Gasteiger partial charge on any atom is -0.496 e. The minimum atomic E-state index is -0.636. The van der Waals surface area contributed by atoms with Crippen molar-refractivity contribution in [2.24, 2.45) is 0 Å². The van der Waals surface area contributed by atoms with E-state index in [1.54, 1.807) is 41.0 Å². The van der Waals surface area contributed by atoms with Gasteiger partial charge in [-0.15, -0.1) is 0 Å². The van der Waals surface area contributed by atoms with Crippen molar-refractivity contribution >= 4 is 11.8 Å². The van der Waals surface area contributed by atoms with Crippen LogP contribution in [0.3, 0.4) is 0 Å². The molecule has 4 rings (SSSR count). The Labute approximate surface area is 180 Å². The van der Waals surface area contributed by atoms with Crippen molar-refractivity contribution in [1.82, 2.24) is 9.80 Å². The predicted molar refractivity (Wildman–Crippen MR) is 112 cm³/mol. The second-order valence-corrected chi connectivity index (χ2v) is 7.78. The van der Waals surface area contributed by atoms with Crippen LogP contribution in [0.1, 0.15) is 51.0 Å². The Kier molecular flexibility index (Phi) is 6.08. The molecule has 0 aliphatic carbocycles. The summed E-state index contributed by atoms with van der Waals surface area (Å²) in [6.45, 7) is 3.82. The molecule has 0 spiro atoms. The van der Waals surface area contributed by atoms with Gasteiger partial charge in [-0.25, -0.2) is 4.79 Å². The molecule has 8 nitrogen and oxygen atoms in total. The van der Waals surface area contributed by atoms with Crippen molar-refractivity contribution in [3.8, 4) is 5.75 Å². The summed E-state index contributed by atoms with van der Waals surface area (Å²) in [4.78, 5) is 41.8. The maximum Gasteiger partial charge on any atom is 0.349 e. The lowest BCUT2D eigenvalue weighted by Gasteiger charge is -2.35. The number of rotatable bonds is 4. The lowest BCUT2D eigenvalue weighted by atomic mass is 10.1. The third-order valence-electron chi connectivity index (χ3n) is 5.82. The smallest absolute Gasteiger partial charge is 0.349 e. The number of carbonyl (C=O) groups excluding carboxylic acids is 2. The van der Waals surface area contributed by atoms with E-state index in [1.165, 1.54) is 7.11 Å². The van der Waals surface area contributed by atoms with Crippen LogP contribution in [0.2, 0.25) is 0 Å². The van der Waals surface area contributed by atoms with E-state index < -0.39 is 5.63 Å². The van der Waals surface area contributed by atoms with E-state index >= 15 is 0 Å². The van der Waals surface area contributed by atoms with Crippen LogP contribution >= 0.6 is 0 Å². The average molecular weight is 426 g/mol. The number of aryl methyl sites for hydroxylation is 1. The maximum absolute atomic E-state index is 13.0. The first kappa shape index (κ1) is 21.1. The van der Waals surface area contributed by atoms with E-state index in [0.717, 1.165) is 12.8 Å². The standard InChI is InChI=1S/C23H26N2O6/c1-15-14-19(18-8-5-13-30-18)31-23(28)20(15)22(27)25-11-9-24(10-12-25)21(26)16-6-3-4-7-17(16)29-2/h3-4,6-7,14,18H,5,8-13H2,1-2H3. The molecule has 1 aromatic heterocycles. The Morgan fingerprint density at radius 3 is 2.35 bits per heavy atom. The Balaban J connectivity index is 1.45. The number of piperazine rings is 1. The molecular weight excluding hydrogens is 400 g/mol. The van der Waals surface area contributed by atoms with Crippen molar-refractivity contribution in [2.75, 3.05) is 39.9 Å². The molecule has 0 bridgehead atoms. The van der Waals surface area contributed by atoms with Gasteiger partial charge in [0.1, 0.15) is 23.2 Å². The van der Waals surface area contributed by atoms with Crippen LogP contribution in [-0.4, -0.2) is 61.5 Å². The first-order chi connectivity index (χ1) is 15.0. The van der Waals surface area contributed by atoms with Gasteiger partial charge in [0.15, 0.2) is 0 Å². The van der Waals surface area contributed by atoms with Crippen molar-refractivity contribution in [1.29, 1.82) is 0 Å². The molecule has 3 heterocycles. The highest BCUT2D eigenvalue weighted by Crippen LogP contribution is 2.28. The highest BCUT2D eigenvalue weighted by molar-refractivity contribution is 5.98. The number of nitrogens with zero attached hydrogens (tertiary/aromatic N) is 2. The van der Waals surface area contributed by atoms with E-state index in [0.29, 0.717) is 55.4 Å². The van der Waals surface area contributed by atoms with Crippen molar-refractivity contribution < 1.29 is 23.5 Å². The number of amides is 2. The fraction of sp³-hybridized carbons (Fsp3) is 0.435. The van der Waals surface area contributed by atoms with Crippen LogP contribution in [0.5, 0.6) is 5.75 Å². The van der Waals surface area contributed by atoms with Gasteiger partial charge in [0.25, 0.3) is 11.8 Å². The monoisotopic (exact) mass is 426 g/mol. The molecule has 2 aliphatic rings. The molecule has 0 saturated carbocycles. The summed E-state index contributed by atoms with van der Waals surface area (Å²) >= 11 is 0. The van der Waals surface area contributed by atoms with Crippen LogP contribution < -0.4 is 10.4 Å². The Morgan fingerprint density at radius 1 is 1.06 bits per heavy atom. The molecule has 2 saturated heterocycles. The largest absolute Gasteiger partial charge is 0.496 e. The van der Waals surface area contributed by atoms with Crippen LogP contribution in [0.25, 0.3) is 0 Å². The number of hydrogen-bond donors (Lipinski definition) is 0. The summed E-state index contributed by atoms with van der Waals surface area (Å²) in [5.74, 6) is 0.491. The normalized spacial score (nSPS) is 18.8. The lowest BCUT2D eigenvalue weighted by Crippen LogP contribution is -2.51. The van der Waals surface area contributed by atoms with Gasteiger partial charge in [-0.2, -0.15) is 0 Å². The van der Waals surface area contributed by atoms with E-state index in [9.17, 15) is 14.4 Å². The van der Waals surface area contributed by atoms with Gasteiger partial charge in [0.2, 0.25) is 0 Å². The number of benzene rings is 1. The maximum atomic E-state index is 13.0. The zero-order chi connectivity index (χ0) is 22.0. The van der Waals surface area contributed by atoms with Gasteiger partial charge in [-0.05, 0) is 43.5 Å². The molecule has 2 fully saturated rings. The Morgan fingerprint density at radius 2 is 1.74 bits per heavy atom. The van der Waals surface area contributed by atoms with Crippen LogP contribution in [0, 0.1) is 6.92 Å². The fourth-order valence-electron chi connectivity index (χ4n) is 4.11. The molecule has 0 N–H and O–H groups in total. The predicted octanol–water partition coefficient (Wildman–Crippen LogP) is 2.41. The summed E-state index contributed by atoms with van der Waals surface area (Å²) < 4.78 is 16.3. The zero-order valence-corrected chi connectivity index (χ0v) is 17.8. The molecule has 2 amide bonds. The molecule has 1 atom stereocenters. The third kappa shape index (κ3) is 4.20. The number of methoxy groups -OCH3 is 1.